The van der Waals surface area contributed by atoms with Gasteiger partial charge in [0.15, 0.2) is 0 Å². The van der Waals surface area contributed by atoms with Crippen molar-refractivity contribution in [1.29, 1.82) is 0 Å². The van der Waals surface area contributed by atoms with E-state index in [0.717, 1.165) is 25.9 Å². The normalized spacial score (nSPS) is 20.9. The standard InChI is InChI=1S/C15H29N3O2/c1-11(2)9-14(19)17-7-6-15(20)18-8-4-5-13(10-18)12(3)16/h11-13H,4-10,16H2,1-3H3,(H,17,19). The van der Waals surface area contributed by atoms with Crippen molar-refractivity contribution in [2.75, 3.05) is 19.6 Å². The van der Waals surface area contributed by atoms with Crippen LogP contribution in [0.25, 0.3) is 0 Å². The monoisotopic (exact) mass is 283 g/mol. The average Bonchev–Trinajstić information content (AvgIpc) is 2.37. The van der Waals surface area contributed by atoms with E-state index in [4.69, 9.17) is 5.73 Å². The Morgan fingerprint density at radius 3 is 2.65 bits per heavy atom. The third-order valence-corrected chi connectivity index (χ3v) is 3.81. The summed E-state index contributed by atoms with van der Waals surface area (Å²) in [5, 5.41) is 2.81. The molecule has 5 nitrogen and oxygen atoms in total. The summed E-state index contributed by atoms with van der Waals surface area (Å²) in [5.74, 6) is 0.905. The Kier molecular flexibility index (Phi) is 6.99. The van der Waals surface area contributed by atoms with Gasteiger partial charge in [0, 0.05) is 38.5 Å². The predicted octanol–water partition coefficient (Wildman–Crippen LogP) is 1.12. The summed E-state index contributed by atoms with van der Waals surface area (Å²) in [6, 6.07) is 0.136. The SMILES string of the molecule is CC(C)CC(=O)NCCC(=O)N1CCCC(C(C)N)C1. The van der Waals surface area contributed by atoms with Crippen LogP contribution in [0.1, 0.15) is 46.5 Å². The van der Waals surface area contributed by atoms with E-state index in [1.807, 2.05) is 25.7 Å². The van der Waals surface area contributed by atoms with Crippen LogP contribution in [-0.2, 0) is 9.59 Å². The summed E-state index contributed by atoms with van der Waals surface area (Å²) in [6.45, 7) is 8.03. The van der Waals surface area contributed by atoms with Crippen molar-refractivity contribution in [1.82, 2.24) is 10.2 Å². The van der Waals surface area contributed by atoms with Crippen LogP contribution in [0.4, 0.5) is 0 Å². The first kappa shape index (κ1) is 17.0. The highest BCUT2D eigenvalue weighted by molar-refractivity contribution is 5.79. The van der Waals surface area contributed by atoms with E-state index in [-0.39, 0.29) is 17.9 Å². The second kappa shape index (κ2) is 8.25. The third-order valence-electron chi connectivity index (χ3n) is 3.81. The second-order valence-electron chi connectivity index (χ2n) is 6.30. The van der Waals surface area contributed by atoms with Crippen LogP contribution in [0.2, 0.25) is 0 Å². The average molecular weight is 283 g/mol. The molecule has 0 spiro atoms. The highest BCUT2D eigenvalue weighted by atomic mass is 16.2. The van der Waals surface area contributed by atoms with Crippen LogP contribution in [0.5, 0.6) is 0 Å². The summed E-state index contributed by atoms with van der Waals surface area (Å²) in [5.41, 5.74) is 5.92. The first-order valence-electron chi connectivity index (χ1n) is 7.70. The van der Waals surface area contributed by atoms with E-state index in [1.54, 1.807) is 0 Å². The zero-order valence-corrected chi connectivity index (χ0v) is 13.0. The molecule has 1 rings (SSSR count). The molecule has 1 aliphatic rings. The van der Waals surface area contributed by atoms with E-state index in [2.05, 4.69) is 5.32 Å². The Morgan fingerprint density at radius 1 is 1.35 bits per heavy atom. The van der Waals surface area contributed by atoms with Gasteiger partial charge in [-0.15, -0.1) is 0 Å². The molecular formula is C15H29N3O2. The van der Waals surface area contributed by atoms with Crippen LogP contribution in [0, 0.1) is 11.8 Å². The van der Waals surface area contributed by atoms with Crippen LogP contribution < -0.4 is 11.1 Å². The molecule has 20 heavy (non-hydrogen) atoms. The van der Waals surface area contributed by atoms with Crippen molar-refractivity contribution in [3.63, 3.8) is 0 Å². The van der Waals surface area contributed by atoms with Crippen LogP contribution in [0.15, 0.2) is 0 Å². The lowest BCUT2D eigenvalue weighted by Gasteiger charge is -2.34. The largest absolute Gasteiger partial charge is 0.356 e. The lowest BCUT2D eigenvalue weighted by molar-refractivity contribution is -0.133. The van der Waals surface area contributed by atoms with E-state index in [0.29, 0.717) is 31.2 Å². The number of carbonyl (C=O) groups excluding carboxylic acids is 2. The van der Waals surface area contributed by atoms with E-state index < -0.39 is 0 Å². The Bertz CT molecular complexity index is 329. The van der Waals surface area contributed by atoms with Crippen LogP contribution >= 0.6 is 0 Å². The molecule has 5 heteroatoms. The molecule has 0 aromatic rings. The lowest BCUT2D eigenvalue weighted by atomic mass is 9.92. The quantitative estimate of drug-likeness (QED) is 0.767. The Labute approximate surface area is 122 Å². The van der Waals surface area contributed by atoms with Crippen molar-refractivity contribution < 1.29 is 9.59 Å². The van der Waals surface area contributed by atoms with Gasteiger partial charge in [0.2, 0.25) is 11.8 Å². The fraction of sp³-hybridized carbons (Fsp3) is 0.867. The van der Waals surface area contributed by atoms with Crippen molar-refractivity contribution in [2.24, 2.45) is 17.6 Å². The number of hydrogen-bond acceptors (Lipinski definition) is 3. The molecule has 2 amide bonds. The van der Waals surface area contributed by atoms with E-state index in [9.17, 15) is 9.59 Å². The number of piperidine rings is 1. The number of likely N-dealkylation sites (tertiary alicyclic amines) is 1. The zero-order valence-electron chi connectivity index (χ0n) is 13.0. The zero-order chi connectivity index (χ0) is 15.1. The highest BCUT2D eigenvalue weighted by Crippen LogP contribution is 2.19. The molecule has 1 saturated heterocycles. The van der Waals surface area contributed by atoms with Gasteiger partial charge in [-0.3, -0.25) is 9.59 Å². The van der Waals surface area contributed by atoms with Gasteiger partial charge in [0.1, 0.15) is 0 Å². The fourth-order valence-electron chi connectivity index (χ4n) is 2.58. The van der Waals surface area contributed by atoms with Crippen LogP contribution in [-0.4, -0.2) is 42.4 Å². The minimum Gasteiger partial charge on any atom is -0.356 e. The topological polar surface area (TPSA) is 75.4 Å². The van der Waals surface area contributed by atoms with Gasteiger partial charge in [0.05, 0.1) is 0 Å². The molecule has 0 aromatic heterocycles. The second-order valence-corrected chi connectivity index (χ2v) is 6.30. The lowest BCUT2D eigenvalue weighted by Crippen LogP contribution is -2.45. The van der Waals surface area contributed by atoms with Gasteiger partial charge < -0.3 is 16.0 Å². The highest BCUT2D eigenvalue weighted by Gasteiger charge is 2.25. The number of nitrogens with two attached hydrogens (primary N) is 1. The molecule has 116 valence electrons. The van der Waals surface area contributed by atoms with E-state index >= 15 is 0 Å². The molecule has 2 atom stereocenters. The maximum atomic E-state index is 12.1. The smallest absolute Gasteiger partial charge is 0.224 e. The molecule has 1 fully saturated rings. The maximum Gasteiger partial charge on any atom is 0.224 e. The van der Waals surface area contributed by atoms with Gasteiger partial charge in [-0.05, 0) is 31.6 Å². The van der Waals surface area contributed by atoms with Crippen LogP contribution in [0.3, 0.4) is 0 Å². The Morgan fingerprint density at radius 2 is 2.05 bits per heavy atom. The summed E-state index contributed by atoms with van der Waals surface area (Å²) >= 11 is 0. The summed E-state index contributed by atoms with van der Waals surface area (Å²) in [7, 11) is 0. The third kappa shape index (κ3) is 5.90. The first-order chi connectivity index (χ1) is 9.40. The first-order valence-corrected chi connectivity index (χ1v) is 7.70. The number of amides is 2. The van der Waals surface area contributed by atoms with Gasteiger partial charge in [-0.1, -0.05) is 13.8 Å². The van der Waals surface area contributed by atoms with Gasteiger partial charge in [-0.25, -0.2) is 0 Å². The summed E-state index contributed by atoms with van der Waals surface area (Å²) < 4.78 is 0. The van der Waals surface area contributed by atoms with Crippen molar-refractivity contribution in [2.45, 2.75) is 52.5 Å². The molecule has 1 heterocycles. The number of carbonyl (C=O) groups is 2. The summed E-state index contributed by atoms with van der Waals surface area (Å²) in [4.78, 5) is 25.5. The van der Waals surface area contributed by atoms with Gasteiger partial charge in [-0.2, -0.15) is 0 Å². The summed E-state index contributed by atoms with van der Waals surface area (Å²) in [6.07, 6.45) is 3.03. The number of nitrogens with zero attached hydrogens (tertiary/aromatic N) is 1. The minimum absolute atomic E-state index is 0.0277. The molecule has 0 saturated carbocycles. The number of hydrogen-bond donors (Lipinski definition) is 2. The molecule has 0 aliphatic carbocycles. The van der Waals surface area contributed by atoms with Gasteiger partial charge >= 0.3 is 0 Å². The molecule has 3 N–H and O–H groups in total. The fourth-order valence-corrected chi connectivity index (χ4v) is 2.58. The predicted molar refractivity (Wildman–Crippen MR) is 80.0 cm³/mol. The van der Waals surface area contributed by atoms with E-state index in [1.165, 1.54) is 0 Å². The minimum atomic E-state index is 0.0277. The molecule has 0 aromatic carbocycles. The maximum absolute atomic E-state index is 12.1. The number of rotatable bonds is 6. The Hall–Kier alpha value is -1.10. The molecular weight excluding hydrogens is 254 g/mol. The van der Waals surface area contributed by atoms with Gasteiger partial charge in [0.25, 0.3) is 0 Å². The molecule has 0 radical (unpaired) electrons. The number of nitrogens with one attached hydrogen (secondary N) is 1. The van der Waals surface area contributed by atoms with Crippen molar-refractivity contribution in [3.05, 3.63) is 0 Å². The van der Waals surface area contributed by atoms with Crippen molar-refractivity contribution >= 4 is 11.8 Å². The van der Waals surface area contributed by atoms with Crippen molar-refractivity contribution in [3.8, 4) is 0 Å². The molecule has 0 bridgehead atoms. The Balaban J connectivity index is 2.27. The molecule has 1 aliphatic heterocycles. The molecule has 2 unspecified atom stereocenters.